The molecule has 0 amide bonds. The van der Waals surface area contributed by atoms with Crippen LogP contribution in [-0.2, 0) is 5.41 Å². The quantitative estimate of drug-likeness (QED) is 0.916. The van der Waals surface area contributed by atoms with Crippen molar-refractivity contribution < 1.29 is 4.39 Å². The summed E-state index contributed by atoms with van der Waals surface area (Å²) < 4.78 is 13.4. The number of hydrogen-bond acceptors (Lipinski definition) is 2. The van der Waals surface area contributed by atoms with Gasteiger partial charge in [-0.25, -0.2) is 4.39 Å². The highest BCUT2D eigenvalue weighted by Gasteiger charge is 2.46. The van der Waals surface area contributed by atoms with E-state index in [9.17, 15) is 9.65 Å². The lowest BCUT2D eigenvalue weighted by Gasteiger charge is -2.43. The fourth-order valence-corrected chi connectivity index (χ4v) is 3.09. The third-order valence-corrected chi connectivity index (χ3v) is 4.14. The normalized spacial score (nSPS) is 24.0. The summed E-state index contributed by atoms with van der Waals surface area (Å²) in [5.74, 6) is -0.230. The number of benzene rings is 2. The molecule has 2 aromatic rings. The molecule has 0 heterocycles. The predicted octanol–water partition coefficient (Wildman–Crippen LogP) is 4.17. The van der Waals surface area contributed by atoms with Crippen molar-refractivity contribution in [1.82, 2.24) is 0 Å². The molecule has 2 aromatic carbocycles. The minimum atomic E-state index is -0.401. The van der Waals surface area contributed by atoms with E-state index < -0.39 is 5.41 Å². The Morgan fingerprint density at radius 3 is 2.52 bits per heavy atom. The van der Waals surface area contributed by atoms with Crippen molar-refractivity contribution in [3.8, 4) is 6.07 Å². The zero-order valence-electron chi connectivity index (χ0n) is 11.9. The number of rotatable bonds is 3. The van der Waals surface area contributed by atoms with Gasteiger partial charge in [0.1, 0.15) is 5.82 Å². The Kier molecular flexibility index (Phi) is 3.39. The fraction of sp³-hybridized carbons (Fsp3) is 0.278. The second-order valence-corrected chi connectivity index (χ2v) is 5.83. The molecular formula is C18H17FN2. The van der Waals surface area contributed by atoms with Gasteiger partial charge in [-0.05, 0) is 49.1 Å². The molecule has 0 radical (unpaired) electrons. The second kappa shape index (κ2) is 5.21. The standard InChI is InChI=1S/C18H17FN2/c1-13-7-15(19)9-16(8-13)21-17-10-18(11-17,12-20)14-5-3-2-4-6-14/h2-9,17,21H,10-11H2,1H3. The van der Waals surface area contributed by atoms with Gasteiger partial charge >= 0.3 is 0 Å². The van der Waals surface area contributed by atoms with Crippen LogP contribution in [-0.4, -0.2) is 6.04 Å². The summed E-state index contributed by atoms with van der Waals surface area (Å²) in [5, 5.41) is 12.9. The van der Waals surface area contributed by atoms with Gasteiger partial charge in [-0.15, -0.1) is 0 Å². The molecule has 1 aliphatic rings. The molecule has 0 unspecified atom stereocenters. The molecule has 0 saturated heterocycles. The van der Waals surface area contributed by atoms with Crippen LogP contribution in [0, 0.1) is 24.1 Å². The summed E-state index contributed by atoms with van der Waals surface area (Å²) in [6.45, 7) is 1.87. The van der Waals surface area contributed by atoms with Crippen molar-refractivity contribution in [3.05, 3.63) is 65.5 Å². The molecule has 3 heteroatoms. The van der Waals surface area contributed by atoms with Crippen molar-refractivity contribution in [1.29, 1.82) is 5.26 Å². The average molecular weight is 280 g/mol. The zero-order chi connectivity index (χ0) is 14.9. The van der Waals surface area contributed by atoms with Gasteiger partial charge in [0.2, 0.25) is 0 Å². The average Bonchev–Trinajstić information content (AvgIpc) is 2.42. The van der Waals surface area contributed by atoms with Crippen LogP contribution in [0.25, 0.3) is 0 Å². The Balaban J connectivity index is 1.71. The SMILES string of the molecule is Cc1cc(F)cc(NC2CC(C#N)(c3ccccc3)C2)c1. The van der Waals surface area contributed by atoms with Gasteiger partial charge in [-0.3, -0.25) is 0 Å². The van der Waals surface area contributed by atoms with Crippen molar-refractivity contribution in [2.75, 3.05) is 5.32 Å². The molecule has 1 aliphatic carbocycles. The molecule has 21 heavy (non-hydrogen) atoms. The number of halogens is 1. The molecule has 0 spiro atoms. The van der Waals surface area contributed by atoms with Crippen LogP contribution in [0.5, 0.6) is 0 Å². The van der Waals surface area contributed by atoms with Crippen LogP contribution in [0.4, 0.5) is 10.1 Å². The molecule has 0 aliphatic heterocycles. The topological polar surface area (TPSA) is 35.8 Å². The van der Waals surface area contributed by atoms with Gasteiger partial charge in [-0.2, -0.15) is 5.26 Å². The van der Waals surface area contributed by atoms with Crippen molar-refractivity contribution in [3.63, 3.8) is 0 Å². The van der Waals surface area contributed by atoms with Crippen LogP contribution < -0.4 is 5.32 Å². The van der Waals surface area contributed by atoms with E-state index >= 15 is 0 Å². The number of hydrogen-bond donors (Lipinski definition) is 1. The summed E-state index contributed by atoms with van der Waals surface area (Å²) in [6.07, 6.45) is 1.51. The van der Waals surface area contributed by atoms with Gasteiger partial charge in [0.25, 0.3) is 0 Å². The lowest BCUT2D eigenvalue weighted by atomic mass is 9.62. The molecule has 3 rings (SSSR count). The van der Waals surface area contributed by atoms with Gasteiger partial charge in [0.05, 0.1) is 11.5 Å². The first-order chi connectivity index (χ1) is 10.1. The number of nitriles is 1. The molecule has 1 saturated carbocycles. The van der Waals surface area contributed by atoms with E-state index in [4.69, 9.17) is 0 Å². The summed E-state index contributed by atoms with van der Waals surface area (Å²) in [7, 11) is 0. The number of aryl methyl sites for hydroxylation is 1. The fourth-order valence-electron chi connectivity index (χ4n) is 3.09. The molecule has 0 atom stereocenters. The molecule has 0 aromatic heterocycles. The van der Waals surface area contributed by atoms with E-state index in [-0.39, 0.29) is 11.9 Å². The van der Waals surface area contributed by atoms with Crippen LogP contribution in [0.15, 0.2) is 48.5 Å². The Labute approximate surface area is 124 Å². The summed E-state index contributed by atoms with van der Waals surface area (Å²) in [5.41, 5.74) is 2.35. The maximum absolute atomic E-state index is 13.4. The minimum absolute atomic E-state index is 0.214. The van der Waals surface area contributed by atoms with Gasteiger partial charge in [0.15, 0.2) is 0 Å². The Morgan fingerprint density at radius 2 is 1.90 bits per heavy atom. The van der Waals surface area contributed by atoms with Gasteiger partial charge in [0, 0.05) is 11.7 Å². The van der Waals surface area contributed by atoms with Gasteiger partial charge in [-0.1, -0.05) is 30.3 Å². The van der Waals surface area contributed by atoms with Crippen molar-refractivity contribution >= 4 is 5.69 Å². The molecule has 1 N–H and O–H groups in total. The highest BCUT2D eigenvalue weighted by molar-refractivity contribution is 5.49. The number of nitrogens with one attached hydrogen (secondary N) is 1. The van der Waals surface area contributed by atoms with E-state index in [1.165, 1.54) is 12.1 Å². The first kappa shape index (κ1) is 13.6. The van der Waals surface area contributed by atoms with E-state index in [0.717, 1.165) is 29.7 Å². The highest BCUT2D eigenvalue weighted by atomic mass is 19.1. The first-order valence-corrected chi connectivity index (χ1v) is 7.12. The molecule has 2 nitrogen and oxygen atoms in total. The van der Waals surface area contributed by atoms with Crippen LogP contribution in [0.2, 0.25) is 0 Å². The molecule has 0 bridgehead atoms. The lowest BCUT2D eigenvalue weighted by Crippen LogP contribution is -2.47. The predicted molar refractivity (Wildman–Crippen MR) is 81.5 cm³/mol. The Bertz CT molecular complexity index is 662. The smallest absolute Gasteiger partial charge is 0.125 e. The monoisotopic (exact) mass is 280 g/mol. The first-order valence-electron chi connectivity index (χ1n) is 7.12. The van der Waals surface area contributed by atoms with Crippen LogP contribution in [0.1, 0.15) is 24.0 Å². The molecule has 1 fully saturated rings. The Morgan fingerprint density at radius 1 is 1.19 bits per heavy atom. The number of nitrogens with zero attached hydrogens (tertiary/aromatic N) is 1. The molecular weight excluding hydrogens is 263 g/mol. The maximum Gasteiger partial charge on any atom is 0.125 e. The van der Waals surface area contributed by atoms with E-state index in [1.807, 2.05) is 43.3 Å². The third-order valence-electron chi connectivity index (χ3n) is 4.14. The highest BCUT2D eigenvalue weighted by Crippen LogP contribution is 2.44. The third kappa shape index (κ3) is 2.62. The van der Waals surface area contributed by atoms with Crippen molar-refractivity contribution in [2.45, 2.75) is 31.2 Å². The van der Waals surface area contributed by atoms with Crippen LogP contribution >= 0.6 is 0 Å². The summed E-state index contributed by atoms with van der Waals surface area (Å²) in [6, 6.07) is 17.5. The van der Waals surface area contributed by atoms with Gasteiger partial charge < -0.3 is 5.32 Å². The van der Waals surface area contributed by atoms with Crippen LogP contribution in [0.3, 0.4) is 0 Å². The van der Waals surface area contributed by atoms with Crippen molar-refractivity contribution in [2.24, 2.45) is 0 Å². The summed E-state index contributed by atoms with van der Waals surface area (Å²) >= 11 is 0. The van der Waals surface area contributed by atoms with E-state index in [2.05, 4.69) is 11.4 Å². The Hall–Kier alpha value is -2.34. The second-order valence-electron chi connectivity index (χ2n) is 5.83. The van der Waals surface area contributed by atoms with E-state index in [0.29, 0.717) is 0 Å². The summed E-state index contributed by atoms with van der Waals surface area (Å²) in [4.78, 5) is 0. The maximum atomic E-state index is 13.4. The minimum Gasteiger partial charge on any atom is -0.382 e. The zero-order valence-corrected chi connectivity index (χ0v) is 11.9. The number of anilines is 1. The van der Waals surface area contributed by atoms with E-state index in [1.54, 1.807) is 0 Å². The largest absolute Gasteiger partial charge is 0.382 e. The molecule has 106 valence electrons. The lowest BCUT2D eigenvalue weighted by molar-refractivity contribution is 0.289.